The third kappa shape index (κ3) is 2.71. The van der Waals surface area contributed by atoms with Gasteiger partial charge < -0.3 is 5.73 Å². The number of nitrogens with zero attached hydrogens (tertiary/aromatic N) is 1. The zero-order valence-corrected chi connectivity index (χ0v) is 7.74. The maximum absolute atomic E-state index is 10.8. The van der Waals surface area contributed by atoms with E-state index in [1.54, 1.807) is 18.3 Å². The highest BCUT2D eigenvalue weighted by Gasteiger charge is 1.96. The number of ketones is 1. The number of carbonyl (C=O) groups excluding carboxylic acids is 1. The van der Waals surface area contributed by atoms with Gasteiger partial charge in [-0.1, -0.05) is 0 Å². The first-order chi connectivity index (χ1) is 6.09. The van der Waals surface area contributed by atoms with Gasteiger partial charge in [0, 0.05) is 6.20 Å². The first-order valence-electron chi connectivity index (χ1n) is 4.00. The van der Waals surface area contributed by atoms with E-state index < -0.39 is 0 Å². The lowest BCUT2D eigenvalue weighted by atomic mass is 10.1. The normalized spacial score (nSPS) is 11.4. The van der Waals surface area contributed by atoms with Crippen LogP contribution in [0.5, 0.6) is 0 Å². The van der Waals surface area contributed by atoms with Crippen LogP contribution in [0.25, 0.3) is 5.57 Å². The van der Waals surface area contributed by atoms with Crippen LogP contribution in [-0.2, 0) is 4.79 Å². The molecule has 3 heteroatoms. The van der Waals surface area contributed by atoms with E-state index in [9.17, 15) is 4.79 Å². The van der Waals surface area contributed by atoms with Gasteiger partial charge in [0.2, 0.25) is 0 Å². The number of pyridine rings is 1. The van der Waals surface area contributed by atoms with Crippen molar-refractivity contribution in [2.75, 3.05) is 5.73 Å². The Balaban J connectivity index is 2.96. The predicted octanol–water partition coefficient (Wildman–Crippen LogP) is 1.66. The average molecular weight is 176 g/mol. The number of anilines is 1. The Morgan fingerprint density at radius 2 is 2.15 bits per heavy atom. The van der Waals surface area contributed by atoms with Crippen LogP contribution in [0.1, 0.15) is 19.4 Å². The van der Waals surface area contributed by atoms with Crippen molar-refractivity contribution >= 4 is 17.2 Å². The van der Waals surface area contributed by atoms with Gasteiger partial charge in [0.05, 0.1) is 0 Å². The Labute approximate surface area is 77.3 Å². The molecule has 1 heterocycles. The molecule has 1 rings (SSSR count). The van der Waals surface area contributed by atoms with E-state index in [0.29, 0.717) is 5.82 Å². The molecule has 1 aromatic rings. The van der Waals surface area contributed by atoms with Crippen LogP contribution in [0.15, 0.2) is 24.4 Å². The lowest BCUT2D eigenvalue weighted by Gasteiger charge is -1.99. The standard InChI is InChI=1S/C10H12N2O/c1-7(5-8(2)13)9-3-4-10(11)12-6-9/h3-6H,1-2H3,(H2,11,12). The zero-order valence-electron chi connectivity index (χ0n) is 7.74. The molecule has 0 aromatic carbocycles. The minimum absolute atomic E-state index is 0.0364. The first kappa shape index (κ1) is 9.45. The maximum atomic E-state index is 10.8. The van der Waals surface area contributed by atoms with Crippen molar-refractivity contribution in [1.29, 1.82) is 0 Å². The molecule has 0 atom stereocenters. The van der Waals surface area contributed by atoms with Crippen LogP contribution in [-0.4, -0.2) is 10.8 Å². The van der Waals surface area contributed by atoms with Crippen molar-refractivity contribution < 1.29 is 4.79 Å². The fraction of sp³-hybridized carbons (Fsp3) is 0.200. The molecule has 1 aromatic heterocycles. The molecule has 0 saturated heterocycles. The molecule has 3 nitrogen and oxygen atoms in total. The zero-order chi connectivity index (χ0) is 9.84. The van der Waals surface area contributed by atoms with E-state index in [1.807, 2.05) is 13.0 Å². The van der Waals surface area contributed by atoms with Crippen molar-refractivity contribution in [3.63, 3.8) is 0 Å². The van der Waals surface area contributed by atoms with Gasteiger partial charge in [0.1, 0.15) is 5.82 Å². The molecule has 0 spiro atoms. The van der Waals surface area contributed by atoms with E-state index in [-0.39, 0.29) is 5.78 Å². The number of aromatic nitrogens is 1. The topological polar surface area (TPSA) is 56.0 Å². The molecular formula is C10H12N2O. The minimum atomic E-state index is 0.0364. The van der Waals surface area contributed by atoms with Crippen molar-refractivity contribution in [2.24, 2.45) is 0 Å². The van der Waals surface area contributed by atoms with Crippen molar-refractivity contribution in [2.45, 2.75) is 13.8 Å². The molecule has 0 amide bonds. The predicted molar refractivity (Wildman–Crippen MR) is 53.0 cm³/mol. The molecule has 68 valence electrons. The van der Waals surface area contributed by atoms with Gasteiger partial charge in [-0.3, -0.25) is 4.79 Å². The third-order valence-corrected chi connectivity index (χ3v) is 1.66. The van der Waals surface area contributed by atoms with E-state index in [4.69, 9.17) is 5.73 Å². The summed E-state index contributed by atoms with van der Waals surface area (Å²) < 4.78 is 0. The molecule has 0 radical (unpaired) electrons. The second-order valence-corrected chi connectivity index (χ2v) is 2.91. The second kappa shape index (κ2) is 3.85. The number of rotatable bonds is 2. The highest BCUT2D eigenvalue weighted by molar-refractivity contribution is 5.94. The number of hydrogen-bond acceptors (Lipinski definition) is 3. The first-order valence-corrected chi connectivity index (χ1v) is 4.00. The van der Waals surface area contributed by atoms with Crippen molar-refractivity contribution in [3.05, 3.63) is 30.0 Å². The summed E-state index contributed by atoms with van der Waals surface area (Å²) in [4.78, 5) is 14.7. The van der Waals surface area contributed by atoms with E-state index in [2.05, 4.69) is 4.98 Å². The largest absolute Gasteiger partial charge is 0.384 e. The van der Waals surface area contributed by atoms with Gasteiger partial charge in [-0.15, -0.1) is 0 Å². The second-order valence-electron chi connectivity index (χ2n) is 2.91. The highest BCUT2D eigenvalue weighted by Crippen LogP contribution is 2.12. The third-order valence-electron chi connectivity index (χ3n) is 1.66. The smallest absolute Gasteiger partial charge is 0.152 e. The molecule has 0 aliphatic rings. The summed E-state index contributed by atoms with van der Waals surface area (Å²) in [6.07, 6.45) is 3.23. The Morgan fingerprint density at radius 1 is 1.46 bits per heavy atom. The molecule has 0 saturated carbocycles. The number of nitrogen functional groups attached to an aromatic ring is 1. The lowest BCUT2D eigenvalue weighted by molar-refractivity contribution is -0.112. The van der Waals surface area contributed by atoms with Crippen LogP contribution in [0.2, 0.25) is 0 Å². The molecule has 0 aliphatic heterocycles. The van der Waals surface area contributed by atoms with Crippen molar-refractivity contribution in [3.8, 4) is 0 Å². The van der Waals surface area contributed by atoms with Gasteiger partial charge >= 0.3 is 0 Å². The van der Waals surface area contributed by atoms with E-state index in [1.165, 1.54) is 6.92 Å². The number of hydrogen-bond donors (Lipinski definition) is 1. The van der Waals surface area contributed by atoms with Gasteiger partial charge in [0.15, 0.2) is 5.78 Å². The molecule has 0 fully saturated rings. The summed E-state index contributed by atoms with van der Waals surface area (Å²) in [5.41, 5.74) is 7.25. The summed E-state index contributed by atoms with van der Waals surface area (Å²) in [5.74, 6) is 0.522. The lowest BCUT2D eigenvalue weighted by Crippen LogP contribution is -1.91. The molecule has 0 bridgehead atoms. The van der Waals surface area contributed by atoms with Crippen LogP contribution in [0.4, 0.5) is 5.82 Å². The molecular weight excluding hydrogens is 164 g/mol. The van der Waals surface area contributed by atoms with Crippen LogP contribution >= 0.6 is 0 Å². The molecule has 2 N–H and O–H groups in total. The summed E-state index contributed by atoms with van der Waals surface area (Å²) in [6.45, 7) is 3.39. The fourth-order valence-corrected chi connectivity index (χ4v) is 1.03. The molecule has 0 unspecified atom stereocenters. The summed E-state index contributed by atoms with van der Waals surface area (Å²) >= 11 is 0. The van der Waals surface area contributed by atoms with Crippen LogP contribution in [0.3, 0.4) is 0 Å². The van der Waals surface area contributed by atoms with Crippen molar-refractivity contribution in [1.82, 2.24) is 4.98 Å². The fourth-order valence-electron chi connectivity index (χ4n) is 1.03. The molecule has 13 heavy (non-hydrogen) atoms. The maximum Gasteiger partial charge on any atom is 0.152 e. The summed E-state index contributed by atoms with van der Waals surface area (Å²) in [5, 5.41) is 0. The monoisotopic (exact) mass is 176 g/mol. The SMILES string of the molecule is CC(=O)C=C(C)c1ccc(N)nc1. The Hall–Kier alpha value is -1.64. The summed E-state index contributed by atoms with van der Waals surface area (Å²) in [6, 6.07) is 3.56. The minimum Gasteiger partial charge on any atom is -0.384 e. The van der Waals surface area contributed by atoms with E-state index >= 15 is 0 Å². The van der Waals surface area contributed by atoms with Gasteiger partial charge in [0.25, 0.3) is 0 Å². The molecule has 0 aliphatic carbocycles. The number of carbonyl (C=O) groups is 1. The van der Waals surface area contributed by atoms with E-state index in [0.717, 1.165) is 11.1 Å². The quantitative estimate of drug-likeness (QED) is 0.697. The Bertz CT molecular complexity index is 338. The van der Waals surface area contributed by atoms with Gasteiger partial charge in [-0.25, -0.2) is 4.98 Å². The van der Waals surface area contributed by atoms with Crippen LogP contribution < -0.4 is 5.73 Å². The number of nitrogens with two attached hydrogens (primary N) is 1. The Kier molecular flexibility index (Phi) is 2.80. The highest BCUT2D eigenvalue weighted by atomic mass is 16.1. The van der Waals surface area contributed by atoms with Gasteiger partial charge in [-0.05, 0) is 43.2 Å². The van der Waals surface area contributed by atoms with Gasteiger partial charge in [-0.2, -0.15) is 0 Å². The number of allylic oxidation sites excluding steroid dienone is 2. The Morgan fingerprint density at radius 3 is 2.62 bits per heavy atom. The van der Waals surface area contributed by atoms with Crippen LogP contribution in [0, 0.1) is 0 Å². The average Bonchev–Trinajstić information content (AvgIpc) is 2.04. The summed E-state index contributed by atoms with van der Waals surface area (Å²) in [7, 11) is 0.